The molecule has 0 bridgehead atoms. The summed E-state index contributed by atoms with van der Waals surface area (Å²) in [7, 11) is 0. The topological polar surface area (TPSA) is 66.6 Å². The predicted octanol–water partition coefficient (Wildman–Crippen LogP) is -0.681. The van der Waals surface area contributed by atoms with E-state index < -0.39 is 5.60 Å². The Bertz CT molecular complexity index is 176. The smallest absolute Gasteiger partial charge is 0.236 e. The first-order chi connectivity index (χ1) is 5.61. The minimum atomic E-state index is -0.625. The zero-order chi connectivity index (χ0) is 9.19. The number of aliphatic hydroxyl groups is 1. The molecule has 0 radical (unpaired) electrons. The zero-order valence-corrected chi connectivity index (χ0v) is 7.42. The summed E-state index contributed by atoms with van der Waals surface area (Å²) in [5.74, 6) is -0.0734. The number of hydrogen-bond acceptors (Lipinski definition) is 3. The molecule has 0 saturated carbocycles. The van der Waals surface area contributed by atoms with Gasteiger partial charge in [-0.3, -0.25) is 4.79 Å². The van der Waals surface area contributed by atoms with Gasteiger partial charge in [-0.1, -0.05) is 13.3 Å². The first kappa shape index (κ1) is 9.48. The molecule has 0 atom stereocenters. The van der Waals surface area contributed by atoms with E-state index in [2.05, 4.69) is 0 Å². The van der Waals surface area contributed by atoms with Gasteiger partial charge in [-0.2, -0.15) is 0 Å². The van der Waals surface area contributed by atoms with Gasteiger partial charge in [0.1, 0.15) is 0 Å². The van der Waals surface area contributed by atoms with E-state index in [4.69, 9.17) is 5.73 Å². The lowest BCUT2D eigenvalue weighted by Crippen LogP contribution is -2.64. The Morgan fingerprint density at radius 3 is 2.67 bits per heavy atom. The van der Waals surface area contributed by atoms with Crippen LogP contribution in [0.4, 0.5) is 0 Å². The van der Waals surface area contributed by atoms with Gasteiger partial charge in [0.15, 0.2) is 0 Å². The number of rotatable bonds is 3. The van der Waals surface area contributed by atoms with Crippen LogP contribution in [0.2, 0.25) is 0 Å². The van der Waals surface area contributed by atoms with Crippen LogP contribution in [-0.2, 0) is 4.79 Å². The highest BCUT2D eigenvalue weighted by molar-refractivity contribution is 5.79. The number of carbonyl (C=O) groups excluding carboxylic acids is 1. The third-order valence-corrected chi connectivity index (χ3v) is 2.21. The molecule has 1 heterocycles. The quantitative estimate of drug-likeness (QED) is 0.592. The van der Waals surface area contributed by atoms with Gasteiger partial charge in [0.05, 0.1) is 25.2 Å². The number of nitrogens with zero attached hydrogens (tertiary/aromatic N) is 1. The van der Waals surface area contributed by atoms with Crippen LogP contribution in [0.1, 0.15) is 19.8 Å². The van der Waals surface area contributed by atoms with E-state index >= 15 is 0 Å². The average Bonchev–Trinajstić information content (AvgIpc) is 1.99. The lowest BCUT2D eigenvalue weighted by Gasteiger charge is -2.46. The van der Waals surface area contributed by atoms with Gasteiger partial charge in [0.25, 0.3) is 0 Å². The van der Waals surface area contributed by atoms with Crippen molar-refractivity contribution in [1.82, 2.24) is 4.90 Å². The summed E-state index contributed by atoms with van der Waals surface area (Å²) < 4.78 is 0. The number of hydrogen-bond donors (Lipinski definition) is 2. The maximum absolute atomic E-state index is 11.0. The number of nitrogens with two attached hydrogens (primary N) is 1. The van der Waals surface area contributed by atoms with E-state index in [0.29, 0.717) is 13.1 Å². The van der Waals surface area contributed by atoms with Gasteiger partial charge >= 0.3 is 0 Å². The van der Waals surface area contributed by atoms with Crippen molar-refractivity contribution in [3.8, 4) is 0 Å². The monoisotopic (exact) mass is 172 g/mol. The second kappa shape index (κ2) is 3.41. The van der Waals surface area contributed by atoms with Crippen molar-refractivity contribution in [2.75, 3.05) is 19.6 Å². The molecule has 0 unspecified atom stereocenters. The third-order valence-electron chi connectivity index (χ3n) is 2.21. The van der Waals surface area contributed by atoms with Crippen LogP contribution in [0.5, 0.6) is 0 Å². The Balaban J connectivity index is 2.31. The highest BCUT2D eigenvalue weighted by Gasteiger charge is 2.41. The Morgan fingerprint density at radius 2 is 2.25 bits per heavy atom. The molecule has 1 fully saturated rings. The molecule has 0 aromatic carbocycles. The summed E-state index contributed by atoms with van der Waals surface area (Å²) in [5, 5.41) is 9.69. The first-order valence-corrected chi connectivity index (χ1v) is 4.31. The van der Waals surface area contributed by atoms with Crippen molar-refractivity contribution in [2.24, 2.45) is 5.73 Å². The van der Waals surface area contributed by atoms with Crippen LogP contribution < -0.4 is 5.73 Å². The summed E-state index contributed by atoms with van der Waals surface area (Å²) in [6.07, 6.45) is 1.71. The number of likely N-dealkylation sites (tertiary alicyclic amines) is 1. The zero-order valence-electron chi connectivity index (χ0n) is 7.42. The van der Waals surface area contributed by atoms with Gasteiger partial charge in [-0.05, 0) is 6.42 Å². The van der Waals surface area contributed by atoms with E-state index in [1.54, 1.807) is 4.90 Å². The highest BCUT2D eigenvalue weighted by Crippen LogP contribution is 2.25. The van der Waals surface area contributed by atoms with Crippen molar-refractivity contribution in [2.45, 2.75) is 25.4 Å². The van der Waals surface area contributed by atoms with Gasteiger partial charge in [0, 0.05) is 0 Å². The Hall–Kier alpha value is -0.610. The summed E-state index contributed by atoms with van der Waals surface area (Å²) in [6.45, 7) is 2.97. The maximum atomic E-state index is 11.0. The molecule has 0 aromatic heterocycles. The number of β-amino-alcohol motifs (C(OH)–C–C–N with tert-alkyl or cyclic N) is 1. The van der Waals surface area contributed by atoms with Gasteiger partial charge in [0.2, 0.25) is 5.91 Å². The average molecular weight is 172 g/mol. The fourth-order valence-corrected chi connectivity index (χ4v) is 1.59. The van der Waals surface area contributed by atoms with E-state index in [1.165, 1.54) is 0 Å². The van der Waals surface area contributed by atoms with E-state index in [-0.39, 0.29) is 12.5 Å². The molecule has 3 N–H and O–H groups in total. The molecule has 12 heavy (non-hydrogen) atoms. The standard InChI is InChI=1S/C8H16N2O2/c1-2-3-8(12)5-10(6-8)7(11)4-9/h12H,2-6,9H2,1H3. The largest absolute Gasteiger partial charge is 0.386 e. The second-order valence-corrected chi connectivity index (χ2v) is 3.43. The predicted molar refractivity (Wildman–Crippen MR) is 45.5 cm³/mol. The van der Waals surface area contributed by atoms with Crippen LogP contribution in [0.25, 0.3) is 0 Å². The van der Waals surface area contributed by atoms with Crippen LogP contribution in [0.3, 0.4) is 0 Å². The molecule has 1 rings (SSSR count). The highest BCUT2D eigenvalue weighted by atomic mass is 16.3. The van der Waals surface area contributed by atoms with Crippen molar-refractivity contribution >= 4 is 5.91 Å². The van der Waals surface area contributed by atoms with Crippen molar-refractivity contribution in [3.05, 3.63) is 0 Å². The minimum Gasteiger partial charge on any atom is -0.386 e. The van der Waals surface area contributed by atoms with Crippen molar-refractivity contribution in [3.63, 3.8) is 0 Å². The number of amides is 1. The SMILES string of the molecule is CCCC1(O)CN(C(=O)CN)C1. The summed E-state index contributed by atoms with van der Waals surface area (Å²) in [4.78, 5) is 12.6. The fraction of sp³-hybridized carbons (Fsp3) is 0.875. The Morgan fingerprint density at radius 1 is 1.67 bits per heavy atom. The molecule has 1 saturated heterocycles. The fourth-order valence-electron chi connectivity index (χ4n) is 1.59. The van der Waals surface area contributed by atoms with Crippen LogP contribution in [-0.4, -0.2) is 41.1 Å². The summed E-state index contributed by atoms with van der Waals surface area (Å²) >= 11 is 0. The van der Waals surface area contributed by atoms with E-state index in [0.717, 1.165) is 12.8 Å². The lowest BCUT2D eigenvalue weighted by molar-refractivity contribution is -0.154. The molecule has 0 spiro atoms. The summed E-state index contributed by atoms with van der Waals surface area (Å²) in [6, 6.07) is 0. The van der Waals surface area contributed by atoms with Gasteiger partial charge in [-0.15, -0.1) is 0 Å². The van der Waals surface area contributed by atoms with Crippen molar-refractivity contribution in [1.29, 1.82) is 0 Å². The molecule has 4 nitrogen and oxygen atoms in total. The molecule has 1 aliphatic heterocycles. The molecule has 1 aliphatic rings. The molecule has 70 valence electrons. The van der Waals surface area contributed by atoms with Crippen LogP contribution >= 0.6 is 0 Å². The molecule has 0 aromatic rings. The number of carbonyl (C=O) groups is 1. The second-order valence-electron chi connectivity index (χ2n) is 3.43. The van der Waals surface area contributed by atoms with E-state index in [1.807, 2.05) is 6.92 Å². The molecule has 1 amide bonds. The minimum absolute atomic E-state index is 0.0439. The first-order valence-electron chi connectivity index (χ1n) is 4.31. The Labute approximate surface area is 72.3 Å². The third kappa shape index (κ3) is 1.76. The van der Waals surface area contributed by atoms with Crippen LogP contribution in [0, 0.1) is 0 Å². The Kier molecular flexibility index (Phi) is 2.69. The lowest BCUT2D eigenvalue weighted by atomic mass is 9.89. The maximum Gasteiger partial charge on any atom is 0.236 e. The van der Waals surface area contributed by atoms with Gasteiger partial charge < -0.3 is 15.7 Å². The summed E-state index contributed by atoms with van der Waals surface area (Å²) in [5.41, 5.74) is 4.55. The van der Waals surface area contributed by atoms with Crippen LogP contribution in [0.15, 0.2) is 0 Å². The molecule has 4 heteroatoms. The molecule has 0 aliphatic carbocycles. The van der Waals surface area contributed by atoms with E-state index in [9.17, 15) is 9.90 Å². The molecular formula is C8H16N2O2. The van der Waals surface area contributed by atoms with Gasteiger partial charge in [-0.25, -0.2) is 0 Å². The molecular weight excluding hydrogens is 156 g/mol. The normalized spacial score (nSPS) is 20.4. The van der Waals surface area contributed by atoms with Crippen molar-refractivity contribution < 1.29 is 9.90 Å².